The van der Waals surface area contributed by atoms with E-state index in [1.54, 1.807) is 13.3 Å². The van der Waals surface area contributed by atoms with Crippen molar-refractivity contribution >= 4 is 22.0 Å². The SMILES string of the molecule is COc1cc(C=CCBr)ccn1. The Morgan fingerprint density at radius 2 is 2.50 bits per heavy atom. The van der Waals surface area contributed by atoms with E-state index in [0.29, 0.717) is 5.88 Å². The number of alkyl halides is 1. The summed E-state index contributed by atoms with van der Waals surface area (Å²) in [4.78, 5) is 4.00. The fourth-order valence-electron chi connectivity index (χ4n) is 0.821. The van der Waals surface area contributed by atoms with Gasteiger partial charge in [-0.25, -0.2) is 4.98 Å². The summed E-state index contributed by atoms with van der Waals surface area (Å²) >= 11 is 3.31. The van der Waals surface area contributed by atoms with Crippen molar-refractivity contribution in [3.63, 3.8) is 0 Å². The fraction of sp³-hybridized carbons (Fsp3) is 0.222. The van der Waals surface area contributed by atoms with Gasteiger partial charge in [-0.2, -0.15) is 0 Å². The molecule has 12 heavy (non-hydrogen) atoms. The monoisotopic (exact) mass is 227 g/mol. The summed E-state index contributed by atoms with van der Waals surface area (Å²) < 4.78 is 4.98. The van der Waals surface area contributed by atoms with Crippen molar-refractivity contribution in [3.8, 4) is 5.88 Å². The molecule has 0 radical (unpaired) electrons. The Bertz CT molecular complexity index is 273. The Balaban J connectivity index is 2.79. The van der Waals surface area contributed by atoms with Gasteiger partial charge >= 0.3 is 0 Å². The van der Waals surface area contributed by atoms with Gasteiger partial charge in [0.25, 0.3) is 0 Å². The number of rotatable bonds is 3. The minimum Gasteiger partial charge on any atom is -0.481 e. The predicted octanol–water partition coefficient (Wildman–Crippen LogP) is 2.50. The Morgan fingerprint density at radius 1 is 1.67 bits per heavy atom. The molecule has 1 aromatic rings. The number of nitrogens with zero attached hydrogens (tertiary/aromatic N) is 1. The van der Waals surface area contributed by atoms with Crippen molar-refractivity contribution in [2.75, 3.05) is 12.4 Å². The first kappa shape index (κ1) is 9.26. The topological polar surface area (TPSA) is 22.1 Å². The van der Waals surface area contributed by atoms with Gasteiger partial charge in [0.2, 0.25) is 5.88 Å². The van der Waals surface area contributed by atoms with Gasteiger partial charge in [0, 0.05) is 17.6 Å². The molecule has 0 bridgehead atoms. The maximum absolute atomic E-state index is 4.98. The van der Waals surface area contributed by atoms with Crippen LogP contribution in [0.25, 0.3) is 6.08 Å². The second-order valence-electron chi connectivity index (χ2n) is 2.19. The van der Waals surface area contributed by atoms with Gasteiger partial charge in [-0.15, -0.1) is 0 Å². The van der Waals surface area contributed by atoms with E-state index in [1.807, 2.05) is 24.3 Å². The summed E-state index contributed by atoms with van der Waals surface area (Å²) in [5, 5.41) is 0.859. The average Bonchev–Trinajstić information content (AvgIpc) is 2.15. The zero-order valence-corrected chi connectivity index (χ0v) is 8.41. The molecule has 1 aromatic heterocycles. The summed E-state index contributed by atoms with van der Waals surface area (Å²) in [6.07, 6.45) is 5.76. The van der Waals surface area contributed by atoms with E-state index in [2.05, 4.69) is 20.9 Å². The summed E-state index contributed by atoms with van der Waals surface area (Å²) in [5.74, 6) is 0.645. The van der Waals surface area contributed by atoms with Crippen molar-refractivity contribution in [3.05, 3.63) is 30.0 Å². The molecular formula is C9H10BrNO. The molecule has 0 spiro atoms. The number of allylic oxidation sites excluding steroid dienone is 1. The normalized spacial score (nSPS) is 10.5. The lowest BCUT2D eigenvalue weighted by Gasteiger charge is -1.97. The summed E-state index contributed by atoms with van der Waals surface area (Å²) in [6, 6.07) is 3.82. The van der Waals surface area contributed by atoms with Gasteiger partial charge in [-0.3, -0.25) is 0 Å². The minimum atomic E-state index is 0.645. The number of hydrogen-bond donors (Lipinski definition) is 0. The molecule has 0 unspecified atom stereocenters. The van der Waals surface area contributed by atoms with E-state index in [0.717, 1.165) is 10.9 Å². The largest absolute Gasteiger partial charge is 0.481 e. The number of aromatic nitrogens is 1. The molecule has 0 amide bonds. The first-order valence-electron chi connectivity index (χ1n) is 3.59. The minimum absolute atomic E-state index is 0.645. The highest BCUT2D eigenvalue weighted by atomic mass is 79.9. The van der Waals surface area contributed by atoms with Gasteiger partial charge in [0.15, 0.2) is 0 Å². The average molecular weight is 228 g/mol. The van der Waals surface area contributed by atoms with E-state index in [-0.39, 0.29) is 0 Å². The van der Waals surface area contributed by atoms with Gasteiger partial charge in [-0.1, -0.05) is 28.1 Å². The Kier molecular flexibility index (Phi) is 3.80. The molecule has 0 saturated heterocycles. The Labute approximate surface area is 80.4 Å². The second kappa shape index (κ2) is 4.93. The predicted molar refractivity (Wildman–Crippen MR) is 53.6 cm³/mol. The lowest BCUT2D eigenvalue weighted by Crippen LogP contribution is -1.86. The zero-order valence-electron chi connectivity index (χ0n) is 6.83. The fourth-order valence-corrected chi connectivity index (χ4v) is 1.01. The molecule has 3 heteroatoms. The van der Waals surface area contributed by atoms with Crippen LogP contribution < -0.4 is 4.74 Å². The first-order chi connectivity index (χ1) is 5.86. The van der Waals surface area contributed by atoms with Crippen molar-refractivity contribution in [2.45, 2.75) is 0 Å². The Hall–Kier alpha value is -0.830. The first-order valence-corrected chi connectivity index (χ1v) is 4.71. The van der Waals surface area contributed by atoms with E-state index >= 15 is 0 Å². The third-order valence-corrected chi connectivity index (χ3v) is 1.74. The van der Waals surface area contributed by atoms with Crippen LogP contribution in [0.1, 0.15) is 5.56 Å². The zero-order chi connectivity index (χ0) is 8.81. The van der Waals surface area contributed by atoms with E-state index in [9.17, 15) is 0 Å². The molecule has 1 heterocycles. The summed E-state index contributed by atoms with van der Waals surface area (Å²) in [5.41, 5.74) is 1.10. The lowest BCUT2D eigenvalue weighted by molar-refractivity contribution is 0.398. The smallest absolute Gasteiger partial charge is 0.213 e. The molecule has 0 atom stereocenters. The number of pyridine rings is 1. The number of halogens is 1. The van der Waals surface area contributed by atoms with Crippen molar-refractivity contribution in [1.82, 2.24) is 4.98 Å². The van der Waals surface area contributed by atoms with Crippen LogP contribution in [0.4, 0.5) is 0 Å². The summed E-state index contributed by atoms with van der Waals surface area (Å²) in [7, 11) is 1.61. The maximum atomic E-state index is 4.98. The van der Waals surface area contributed by atoms with Gasteiger partial charge in [0.05, 0.1) is 7.11 Å². The highest BCUT2D eigenvalue weighted by molar-refractivity contribution is 9.09. The van der Waals surface area contributed by atoms with E-state index < -0.39 is 0 Å². The van der Waals surface area contributed by atoms with Crippen molar-refractivity contribution < 1.29 is 4.74 Å². The molecule has 0 aromatic carbocycles. The molecule has 0 aliphatic heterocycles. The number of methoxy groups -OCH3 is 1. The lowest BCUT2D eigenvalue weighted by atomic mass is 10.2. The quantitative estimate of drug-likeness (QED) is 0.741. The molecule has 2 nitrogen and oxygen atoms in total. The van der Waals surface area contributed by atoms with Crippen LogP contribution in [0, 0.1) is 0 Å². The van der Waals surface area contributed by atoms with Crippen LogP contribution in [0.2, 0.25) is 0 Å². The molecule has 0 aliphatic carbocycles. The third kappa shape index (κ3) is 2.66. The van der Waals surface area contributed by atoms with Crippen LogP contribution in [0.15, 0.2) is 24.4 Å². The molecule has 0 aliphatic rings. The molecule has 64 valence electrons. The van der Waals surface area contributed by atoms with Crippen molar-refractivity contribution in [2.24, 2.45) is 0 Å². The van der Waals surface area contributed by atoms with Gasteiger partial charge < -0.3 is 4.74 Å². The van der Waals surface area contributed by atoms with Crippen LogP contribution in [0.5, 0.6) is 5.88 Å². The van der Waals surface area contributed by atoms with Crippen LogP contribution in [0.3, 0.4) is 0 Å². The highest BCUT2D eigenvalue weighted by Gasteiger charge is 1.91. The van der Waals surface area contributed by atoms with E-state index in [4.69, 9.17) is 4.74 Å². The van der Waals surface area contributed by atoms with Crippen LogP contribution in [-0.4, -0.2) is 17.4 Å². The molecular weight excluding hydrogens is 218 g/mol. The number of ether oxygens (including phenoxy) is 1. The Morgan fingerprint density at radius 3 is 3.17 bits per heavy atom. The number of hydrogen-bond acceptors (Lipinski definition) is 2. The third-order valence-electron chi connectivity index (χ3n) is 1.37. The summed E-state index contributed by atoms with van der Waals surface area (Å²) in [6.45, 7) is 0. The molecule has 0 fully saturated rings. The molecule has 0 saturated carbocycles. The van der Waals surface area contributed by atoms with Gasteiger partial charge in [-0.05, 0) is 11.6 Å². The van der Waals surface area contributed by atoms with Crippen LogP contribution in [-0.2, 0) is 0 Å². The molecule has 0 N–H and O–H groups in total. The van der Waals surface area contributed by atoms with Crippen LogP contribution >= 0.6 is 15.9 Å². The van der Waals surface area contributed by atoms with Gasteiger partial charge in [0.1, 0.15) is 0 Å². The standard InChI is InChI=1S/C9H10BrNO/c1-12-9-7-8(3-2-5-10)4-6-11-9/h2-4,6-7H,5H2,1H3. The molecule has 1 rings (SSSR count). The highest BCUT2D eigenvalue weighted by Crippen LogP contribution is 2.09. The maximum Gasteiger partial charge on any atom is 0.213 e. The second-order valence-corrected chi connectivity index (χ2v) is 2.84. The van der Waals surface area contributed by atoms with Crippen molar-refractivity contribution in [1.29, 1.82) is 0 Å². The van der Waals surface area contributed by atoms with E-state index in [1.165, 1.54) is 0 Å².